The molecule has 4 nitrogen and oxygen atoms in total. The summed E-state index contributed by atoms with van der Waals surface area (Å²) < 4.78 is 1.26. The second-order valence-electron chi connectivity index (χ2n) is 4.36. The molecule has 0 saturated heterocycles. The van der Waals surface area contributed by atoms with Crippen LogP contribution in [-0.4, -0.2) is 33.8 Å². The summed E-state index contributed by atoms with van der Waals surface area (Å²) in [5.41, 5.74) is 0. The predicted molar refractivity (Wildman–Crippen MR) is 91.5 cm³/mol. The first-order valence-electron chi connectivity index (χ1n) is 6.63. The van der Waals surface area contributed by atoms with Crippen LogP contribution in [0, 0.1) is 0 Å². The zero-order chi connectivity index (χ0) is 16.3. The molecule has 8 heteroatoms. The van der Waals surface area contributed by atoms with Gasteiger partial charge in [0.25, 0.3) is 0 Å². The van der Waals surface area contributed by atoms with Gasteiger partial charge in [0.1, 0.15) is 5.03 Å². The van der Waals surface area contributed by atoms with E-state index in [1.165, 1.54) is 22.6 Å². The molecule has 0 bridgehead atoms. The molecule has 1 heterocycles. The van der Waals surface area contributed by atoms with Crippen molar-refractivity contribution in [1.82, 2.24) is 14.7 Å². The Hall–Kier alpha value is -0.880. The summed E-state index contributed by atoms with van der Waals surface area (Å²) in [6, 6.07) is 5.06. The minimum atomic E-state index is -0.201. The molecule has 2 aromatic rings. The van der Waals surface area contributed by atoms with Crippen molar-refractivity contribution < 1.29 is 4.79 Å². The van der Waals surface area contributed by atoms with Crippen molar-refractivity contribution >= 4 is 52.6 Å². The third-order valence-electron chi connectivity index (χ3n) is 2.97. The normalized spacial score (nSPS) is 10.8. The first-order chi connectivity index (χ1) is 10.5. The number of halogens is 3. The zero-order valence-electron chi connectivity index (χ0n) is 12.0. The van der Waals surface area contributed by atoms with Crippen LogP contribution in [-0.2, 0) is 0 Å². The molecule has 0 unspecified atom stereocenters. The van der Waals surface area contributed by atoms with Gasteiger partial charge < -0.3 is 4.90 Å². The molecular weight excluding hydrogens is 365 g/mol. The number of nitrogens with zero attached hydrogens (tertiary/aromatic N) is 3. The number of amides is 1. The van der Waals surface area contributed by atoms with E-state index in [9.17, 15) is 4.79 Å². The molecule has 22 heavy (non-hydrogen) atoms. The van der Waals surface area contributed by atoms with Crippen molar-refractivity contribution in [3.63, 3.8) is 0 Å². The molecule has 2 rings (SSSR count). The van der Waals surface area contributed by atoms with Crippen LogP contribution in [0.3, 0.4) is 0 Å². The van der Waals surface area contributed by atoms with Gasteiger partial charge in [0.15, 0.2) is 0 Å². The van der Waals surface area contributed by atoms with Crippen molar-refractivity contribution in [2.24, 2.45) is 0 Å². The zero-order valence-corrected chi connectivity index (χ0v) is 15.1. The van der Waals surface area contributed by atoms with Gasteiger partial charge in [-0.15, -0.1) is 0 Å². The molecule has 1 aromatic heterocycles. The van der Waals surface area contributed by atoms with Gasteiger partial charge in [0.05, 0.1) is 21.3 Å². The molecule has 118 valence electrons. The number of benzene rings is 1. The quantitative estimate of drug-likeness (QED) is 0.724. The Kier molecular flexibility index (Phi) is 6.03. The smallest absolute Gasteiger partial charge is 0.323 e. The van der Waals surface area contributed by atoms with Gasteiger partial charge in [-0.2, -0.15) is 9.78 Å². The van der Waals surface area contributed by atoms with Crippen LogP contribution < -0.4 is 0 Å². The summed E-state index contributed by atoms with van der Waals surface area (Å²) >= 11 is 19.4. The minimum absolute atomic E-state index is 0.201. The summed E-state index contributed by atoms with van der Waals surface area (Å²) in [5, 5.41) is 6.16. The molecule has 0 aliphatic rings. The highest BCUT2D eigenvalue weighted by atomic mass is 35.5. The van der Waals surface area contributed by atoms with Crippen molar-refractivity contribution in [3.05, 3.63) is 39.5 Å². The van der Waals surface area contributed by atoms with E-state index in [0.717, 1.165) is 4.90 Å². The largest absolute Gasteiger partial charge is 0.344 e. The van der Waals surface area contributed by atoms with Crippen molar-refractivity contribution in [3.8, 4) is 0 Å². The van der Waals surface area contributed by atoms with Crippen LogP contribution in [0.15, 0.2) is 34.3 Å². The standard InChI is InChI=1S/C14H14Cl3N3OS/c1-3-19(4-2)14(21)20-8-12(17)13(18-20)22-9-5-6-10(15)11(16)7-9/h5-8H,3-4H2,1-2H3. The van der Waals surface area contributed by atoms with E-state index in [-0.39, 0.29) is 6.03 Å². The minimum Gasteiger partial charge on any atom is -0.323 e. The van der Waals surface area contributed by atoms with E-state index in [1.54, 1.807) is 17.0 Å². The maximum absolute atomic E-state index is 12.2. The Morgan fingerprint density at radius 1 is 1.18 bits per heavy atom. The van der Waals surface area contributed by atoms with E-state index < -0.39 is 0 Å². The molecule has 0 N–H and O–H groups in total. The Morgan fingerprint density at radius 2 is 1.86 bits per heavy atom. The molecule has 0 atom stereocenters. The third kappa shape index (κ3) is 3.90. The SMILES string of the molecule is CCN(CC)C(=O)n1cc(Cl)c(Sc2ccc(Cl)c(Cl)c2)n1. The average molecular weight is 379 g/mol. The van der Waals surface area contributed by atoms with Gasteiger partial charge in [-0.25, -0.2) is 4.79 Å². The van der Waals surface area contributed by atoms with Crippen LogP contribution in [0.4, 0.5) is 4.79 Å². The molecule has 0 spiro atoms. The van der Waals surface area contributed by atoms with Crippen molar-refractivity contribution in [2.75, 3.05) is 13.1 Å². The lowest BCUT2D eigenvalue weighted by molar-refractivity contribution is 0.201. The van der Waals surface area contributed by atoms with Crippen LogP contribution in [0.25, 0.3) is 0 Å². The van der Waals surface area contributed by atoms with Gasteiger partial charge >= 0.3 is 6.03 Å². The summed E-state index contributed by atoms with van der Waals surface area (Å²) in [6.07, 6.45) is 1.52. The summed E-state index contributed by atoms with van der Waals surface area (Å²) in [5.74, 6) is 0. The van der Waals surface area contributed by atoms with Crippen molar-refractivity contribution in [2.45, 2.75) is 23.8 Å². The maximum Gasteiger partial charge on any atom is 0.344 e. The summed E-state index contributed by atoms with van der Waals surface area (Å²) in [4.78, 5) is 14.8. The van der Waals surface area contributed by atoms with Gasteiger partial charge in [-0.05, 0) is 32.0 Å². The lowest BCUT2D eigenvalue weighted by atomic mass is 10.4. The van der Waals surface area contributed by atoms with Crippen molar-refractivity contribution in [1.29, 1.82) is 0 Å². The highest BCUT2D eigenvalue weighted by molar-refractivity contribution is 7.99. The Bertz CT molecular complexity index is 686. The van der Waals surface area contributed by atoms with Crippen LogP contribution in [0.1, 0.15) is 13.8 Å². The topological polar surface area (TPSA) is 38.1 Å². The number of hydrogen-bond donors (Lipinski definition) is 0. The fourth-order valence-corrected chi connectivity index (χ4v) is 3.22. The van der Waals surface area contributed by atoms with E-state index in [4.69, 9.17) is 34.8 Å². The van der Waals surface area contributed by atoms with Gasteiger partial charge in [0.2, 0.25) is 0 Å². The Morgan fingerprint density at radius 3 is 2.45 bits per heavy atom. The van der Waals surface area contributed by atoms with Crippen LogP contribution >= 0.6 is 46.6 Å². The van der Waals surface area contributed by atoms with Gasteiger partial charge in [-0.1, -0.05) is 46.6 Å². The fraction of sp³-hybridized carbons (Fsp3) is 0.286. The van der Waals surface area contributed by atoms with E-state index in [2.05, 4.69) is 5.10 Å². The van der Waals surface area contributed by atoms with Crippen LogP contribution in [0.2, 0.25) is 15.1 Å². The molecule has 0 aliphatic carbocycles. The second kappa shape index (κ2) is 7.59. The van der Waals surface area contributed by atoms with E-state index >= 15 is 0 Å². The average Bonchev–Trinajstić information content (AvgIpc) is 2.85. The van der Waals surface area contributed by atoms with Gasteiger partial charge in [-0.3, -0.25) is 0 Å². The number of aromatic nitrogens is 2. The molecule has 0 fully saturated rings. The van der Waals surface area contributed by atoms with Crippen LogP contribution in [0.5, 0.6) is 0 Å². The molecule has 1 aromatic carbocycles. The lowest BCUT2D eigenvalue weighted by Crippen LogP contribution is -2.34. The number of hydrogen-bond acceptors (Lipinski definition) is 3. The van der Waals surface area contributed by atoms with E-state index in [1.807, 2.05) is 19.9 Å². The van der Waals surface area contributed by atoms with Gasteiger partial charge in [0, 0.05) is 18.0 Å². The monoisotopic (exact) mass is 377 g/mol. The first kappa shape index (κ1) is 17.5. The number of rotatable bonds is 4. The molecule has 0 radical (unpaired) electrons. The molecule has 0 aliphatic heterocycles. The Labute approximate surface area is 148 Å². The Balaban J connectivity index is 2.22. The highest BCUT2D eigenvalue weighted by Crippen LogP contribution is 2.35. The number of carbonyl (C=O) groups is 1. The molecule has 0 saturated carbocycles. The third-order valence-corrected chi connectivity index (χ3v) is 5.09. The summed E-state index contributed by atoms with van der Waals surface area (Å²) in [7, 11) is 0. The first-order valence-corrected chi connectivity index (χ1v) is 8.58. The molecular formula is C14H14Cl3N3OS. The second-order valence-corrected chi connectivity index (χ2v) is 6.64. The summed E-state index contributed by atoms with van der Waals surface area (Å²) in [6.45, 7) is 5.06. The number of carbonyl (C=O) groups excluding carboxylic acids is 1. The lowest BCUT2D eigenvalue weighted by Gasteiger charge is -2.17. The maximum atomic E-state index is 12.2. The van der Waals surface area contributed by atoms with E-state index in [0.29, 0.717) is 33.2 Å². The molecule has 1 amide bonds. The highest BCUT2D eigenvalue weighted by Gasteiger charge is 2.17. The predicted octanol–water partition coefficient (Wildman–Crippen LogP) is 5.30. The fourth-order valence-electron chi connectivity index (χ4n) is 1.80.